The Kier molecular flexibility index (Phi) is 4.45. The van der Waals surface area contributed by atoms with Crippen molar-refractivity contribution in [3.05, 3.63) is 99.4 Å². The van der Waals surface area contributed by atoms with Crippen molar-refractivity contribution in [1.82, 2.24) is 15.2 Å². The number of nitrogens with zero attached hydrogens (tertiary/aromatic N) is 3. The Hall–Kier alpha value is -2.96. The molecule has 0 saturated heterocycles. The molecule has 7 heteroatoms. The Morgan fingerprint density at radius 3 is 2.48 bits per heavy atom. The minimum atomic E-state index is -0.343. The van der Waals surface area contributed by atoms with E-state index in [0.29, 0.717) is 10.7 Å². The first kappa shape index (κ1) is 18.1. The summed E-state index contributed by atoms with van der Waals surface area (Å²) in [6, 6.07) is 18.7. The van der Waals surface area contributed by atoms with E-state index in [2.05, 4.69) is 31.1 Å². The Labute approximate surface area is 180 Å². The molecule has 0 fully saturated rings. The lowest BCUT2D eigenvalue weighted by Crippen LogP contribution is -2.29. The molecule has 3 heterocycles. The van der Waals surface area contributed by atoms with Gasteiger partial charge in [-0.1, -0.05) is 45.7 Å². The van der Waals surface area contributed by atoms with Gasteiger partial charge >= 0.3 is 0 Å². The second-order valence-corrected chi connectivity index (χ2v) is 8.06. The zero-order chi connectivity index (χ0) is 20.0. The molecule has 0 spiro atoms. The smallest absolute Gasteiger partial charge is 0.277 e. The number of amides is 1. The molecular formula is C22H14BrClN4O. The minimum absolute atomic E-state index is 0.132. The fourth-order valence-electron chi connectivity index (χ4n) is 3.70. The molecule has 0 unspecified atom stereocenters. The topological polar surface area (TPSA) is 61.9 Å². The molecule has 0 aliphatic carbocycles. The van der Waals surface area contributed by atoms with Gasteiger partial charge in [0.1, 0.15) is 5.69 Å². The summed E-state index contributed by atoms with van der Waals surface area (Å²) in [5.41, 5.74) is 4.71. The standard InChI is InChI=1S/C22H14BrClN4O/c23-15-5-3-13(4-6-15)19-18-20(27-26-19)22(29)28(17-9-7-16(24)8-10-17)21(18)14-2-1-11-25-12-14/h1-12,21H,(H,26,27)/t21-/m1/s1. The second-order valence-electron chi connectivity index (χ2n) is 6.71. The molecule has 1 aliphatic heterocycles. The molecule has 0 radical (unpaired) electrons. The summed E-state index contributed by atoms with van der Waals surface area (Å²) in [7, 11) is 0. The van der Waals surface area contributed by atoms with Crippen LogP contribution >= 0.6 is 27.5 Å². The molecule has 5 rings (SSSR count). The molecule has 2 aromatic carbocycles. The van der Waals surface area contributed by atoms with Crippen LogP contribution in [0.25, 0.3) is 11.3 Å². The van der Waals surface area contributed by atoms with E-state index in [-0.39, 0.29) is 11.9 Å². The lowest BCUT2D eigenvalue weighted by atomic mass is 9.97. The van der Waals surface area contributed by atoms with E-state index in [1.807, 2.05) is 48.5 Å². The number of rotatable bonds is 3. The Morgan fingerprint density at radius 1 is 1.03 bits per heavy atom. The summed E-state index contributed by atoms with van der Waals surface area (Å²) >= 11 is 9.53. The maximum atomic E-state index is 13.4. The lowest BCUT2D eigenvalue weighted by molar-refractivity contribution is 0.0989. The fourth-order valence-corrected chi connectivity index (χ4v) is 4.09. The molecule has 1 aliphatic rings. The van der Waals surface area contributed by atoms with Gasteiger partial charge in [0.05, 0.1) is 11.7 Å². The predicted octanol–water partition coefficient (Wildman–Crippen LogP) is 5.64. The van der Waals surface area contributed by atoms with E-state index in [0.717, 1.165) is 32.5 Å². The number of halogens is 2. The van der Waals surface area contributed by atoms with E-state index in [1.54, 1.807) is 29.4 Å². The van der Waals surface area contributed by atoms with E-state index in [9.17, 15) is 4.79 Å². The monoisotopic (exact) mass is 464 g/mol. The maximum Gasteiger partial charge on any atom is 0.277 e. The quantitative estimate of drug-likeness (QED) is 0.426. The molecule has 5 nitrogen and oxygen atoms in total. The number of carbonyl (C=O) groups excluding carboxylic acids is 1. The highest BCUT2D eigenvalue weighted by molar-refractivity contribution is 9.10. The van der Waals surface area contributed by atoms with Gasteiger partial charge in [0.15, 0.2) is 0 Å². The number of aromatic nitrogens is 3. The maximum absolute atomic E-state index is 13.4. The van der Waals surface area contributed by atoms with E-state index >= 15 is 0 Å². The second kappa shape index (κ2) is 7.13. The molecule has 1 N–H and O–H groups in total. The van der Waals surface area contributed by atoms with E-state index in [4.69, 9.17) is 11.6 Å². The van der Waals surface area contributed by atoms with Crippen molar-refractivity contribution in [1.29, 1.82) is 0 Å². The number of nitrogens with one attached hydrogen (secondary N) is 1. The molecule has 2 aromatic heterocycles. The number of aromatic amines is 1. The number of benzene rings is 2. The molecular weight excluding hydrogens is 452 g/mol. The zero-order valence-electron chi connectivity index (χ0n) is 15.0. The number of hydrogen-bond acceptors (Lipinski definition) is 3. The highest BCUT2D eigenvalue weighted by atomic mass is 79.9. The molecule has 1 amide bonds. The average molecular weight is 466 g/mol. The molecule has 29 heavy (non-hydrogen) atoms. The van der Waals surface area contributed by atoms with Crippen molar-refractivity contribution >= 4 is 39.1 Å². The van der Waals surface area contributed by atoms with Gasteiger partial charge < -0.3 is 0 Å². The van der Waals surface area contributed by atoms with Crippen LogP contribution in [0.3, 0.4) is 0 Å². The SMILES string of the molecule is O=C1c2[nH]nc(-c3ccc(Br)cc3)c2[C@@H](c2cccnc2)N1c1ccc(Cl)cc1. The number of anilines is 1. The Balaban J connectivity index is 1.71. The molecule has 0 saturated carbocycles. The third-order valence-corrected chi connectivity index (χ3v) is 5.77. The van der Waals surface area contributed by atoms with Crippen molar-refractivity contribution in [3.8, 4) is 11.3 Å². The molecule has 1 atom stereocenters. The Morgan fingerprint density at radius 2 is 1.79 bits per heavy atom. The van der Waals surface area contributed by atoms with Crippen LogP contribution in [0.15, 0.2) is 77.5 Å². The van der Waals surface area contributed by atoms with Gasteiger partial charge in [-0.2, -0.15) is 5.10 Å². The average Bonchev–Trinajstić information content (AvgIpc) is 3.29. The number of pyridine rings is 1. The highest BCUT2D eigenvalue weighted by Gasteiger charge is 2.43. The summed E-state index contributed by atoms with van der Waals surface area (Å²) in [6.45, 7) is 0. The summed E-state index contributed by atoms with van der Waals surface area (Å²) in [6.07, 6.45) is 3.51. The van der Waals surface area contributed by atoms with Crippen LogP contribution in [0.1, 0.15) is 27.7 Å². The molecule has 0 bridgehead atoms. The first-order valence-corrected chi connectivity index (χ1v) is 10.1. The van der Waals surface area contributed by atoms with Gasteiger partial charge in [-0.3, -0.25) is 19.8 Å². The van der Waals surface area contributed by atoms with Crippen molar-refractivity contribution in [2.45, 2.75) is 6.04 Å². The normalized spacial score (nSPS) is 15.6. The van der Waals surface area contributed by atoms with Crippen LogP contribution in [0, 0.1) is 0 Å². The number of fused-ring (bicyclic) bond motifs is 1. The minimum Gasteiger partial charge on any atom is -0.295 e. The van der Waals surface area contributed by atoms with Crippen molar-refractivity contribution in [3.63, 3.8) is 0 Å². The highest BCUT2D eigenvalue weighted by Crippen LogP contribution is 2.44. The van der Waals surface area contributed by atoms with Crippen LogP contribution < -0.4 is 4.90 Å². The number of H-pyrrole nitrogens is 1. The van der Waals surface area contributed by atoms with Gasteiger partial charge in [0, 0.05) is 38.7 Å². The third kappa shape index (κ3) is 3.05. The van der Waals surface area contributed by atoms with Gasteiger partial charge in [-0.05, 0) is 48.0 Å². The van der Waals surface area contributed by atoms with E-state index in [1.165, 1.54) is 0 Å². The van der Waals surface area contributed by atoms with Gasteiger partial charge in [-0.25, -0.2) is 0 Å². The van der Waals surface area contributed by atoms with Crippen LogP contribution in [0.5, 0.6) is 0 Å². The van der Waals surface area contributed by atoms with E-state index < -0.39 is 0 Å². The van der Waals surface area contributed by atoms with Crippen molar-refractivity contribution in [2.75, 3.05) is 4.90 Å². The first-order valence-electron chi connectivity index (χ1n) is 8.97. The lowest BCUT2D eigenvalue weighted by Gasteiger charge is -2.26. The van der Waals surface area contributed by atoms with Crippen molar-refractivity contribution in [2.24, 2.45) is 0 Å². The summed E-state index contributed by atoms with van der Waals surface area (Å²) in [5.74, 6) is -0.132. The summed E-state index contributed by atoms with van der Waals surface area (Å²) < 4.78 is 0.983. The van der Waals surface area contributed by atoms with Crippen LogP contribution in [0.2, 0.25) is 5.02 Å². The third-order valence-electron chi connectivity index (χ3n) is 4.99. The van der Waals surface area contributed by atoms with Crippen LogP contribution in [-0.4, -0.2) is 21.1 Å². The number of carbonyl (C=O) groups is 1. The largest absolute Gasteiger partial charge is 0.295 e. The first-order chi connectivity index (χ1) is 14.1. The Bertz CT molecular complexity index is 1190. The van der Waals surface area contributed by atoms with Gasteiger partial charge in [-0.15, -0.1) is 0 Å². The van der Waals surface area contributed by atoms with Gasteiger partial charge in [0.25, 0.3) is 5.91 Å². The fraction of sp³-hybridized carbons (Fsp3) is 0.0455. The zero-order valence-corrected chi connectivity index (χ0v) is 17.4. The van der Waals surface area contributed by atoms with Crippen molar-refractivity contribution < 1.29 is 4.79 Å². The van der Waals surface area contributed by atoms with Gasteiger partial charge in [0.2, 0.25) is 0 Å². The molecule has 142 valence electrons. The van der Waals surface area contributed by atoms with Crippen LogP contribution in [0.4, 0.5) is 5.69 Å². The van der Waals surface area contributed by atoms with Crippen LogP contribution in [-0.2, 0) is 0 Å². The molecule has 4 aromatic rings. The number of hydrogen-bond donors (Lipinski definition) is 1. The predicted molar refractivity (Wildman–Crippen MR) is 116 cm³/mol. The summed E-state index contributed by atoms with van der Waals surface area (Å²) in [4.78, 5) is 19.4. The summed E-state index contributed by atoms with van der Waals surface area (Å²) in [5, 5.41) is 8.06.